The maximum Gasteiger partial charge on any atom is 0.252 e. The Balaban J connectivity index is 1.27. The predicted octanol–water partition coefficient (Wildman–Crippen LogP) is 3.98. The maximum absolute atomic E-state index is 13.2. The summed E-state index contributed by atoms with van der Waals surface area (Å²) in [5, 5.41) is 15.3. The zero-order valence-electron chi connectivity index (χ0n) is 20.1. The van der Waals surface area contributed by atoms with Gasteiger partial charge in [-0.05, 0) is 74.3 Å². The van der Waals surface area contributed by atoms with Gasteiger partial charge in [0.05, 0.1) is 6.07 Å². The van der Waals surface area contributed by atoms with E-state index in [1.165, 1.54) is 5.57 Å². The van der Waals surface area contributed by atoms with Gasteiger partial charge in [0.15, 0.2) is 0 Å². The van der Waals surface area contributed by atoms with Crippen molar-refractivity contribution in [3.8, 4) is 6.07 Å². The number of benzene rings is 1. The number of amides is 3. The Bertz CT molecular complexity index is 1130. The summed E-state index contributed by atoms with van der Waals surface area (Å²) in [6.45, 7) is 0.814. The van der Waals surface area contributed by atoms with Crippen LogP contribution in [-0.2, 0) is 9.59 Å². The molecule has 0 aromatic heterocycles. The van der Waals surface area contributed by atoms with Crippen LogP contribution in [0.5, 0.6) is 0 Å². The molecule has 0 atom stereocenters. The molecule has 182 valence electrons. The number of nitrogens with zero attached hydrogens (tertiary/aromatic N) is 2. The highest BCUT2D eigenvalue weighted by molar-refractivity contribution is 6.00. The molecule has 7 nitrogen and oxygen atoms in total. The van der Waals surface area contributed by atoms with Gasteiger partial charge in [0.1, 0.15) is 11.1 Å². The normalized spacial score (nSPS) is 22.5. The van der Waals surface area contributed by atoms with E-state index in [4.69, 9.17) is 0 Å². The molecule has 0 unspecified atom stereocenters. The van der Waals surface area contributed by atoms with Gasteiger partial charge in [-0.25, -0.2) is 0 Å². The highest BCUT2D eigenvalue weighted by Crippen LogP contribution is 2.37. The molecule has 0 bridgehead atoms. The SMILES string of the molecule is N#CC1(NC(=O)C2(NC(=O)c3ccc(C4=CC=C(N5CCCC5=O)CC4)cc3)CCCCC2)CC1. The first-order valence-corrected chi connectivity index (χ1v) is 12.8. The summed E-state index contributed by atoms with van der Waals surface area (Å²) < 4.78 is 0. The fraction of sp³-hybridized carbons (Fsp3) is 0.500. The molecule has 0 radical (unpaired) electrons. The monoisotopic (exact) mass is 472 g/mol. The minimum Gasteiger partial charge on any atom is -0.338 e. The Kier molecular flexibility index (Phi) is 6.22. The summed E-state index contributed by atoms with van der Waals surface area (Å²) in [4.78, 5) is 40.3. The van der Waals surface area contributed by atoms with E-state index in [0.29, 0.717) is 37.7 Å². The van der Waals surface area contributed by atoms with Crippen LogP contribution in [0.15, 0.2) is 42.1 Å². The van der Waals surface area contributed by atoms with Crippen LogP contribution in [0.2, 0.25) is 0 Å². The maximum atomic E-state index is 13.2. The Morgan fingerprint density at radius 2 is 1.63 bits per heavy atom. The second-order valence-electron chi connectivity index (χ2n) is 10.3. The smallest absolute Gasteiger partial charge is 0.252 e. The Hall–Kier alpha value is -3.40. The molecule has 0 spiro atoms. The van der Waals surface area contributed by atoms with E-state index in [9.17, 15) is 19.6 Å². The average Bonchev–Trinajstić information content (AvgIpc) is 3.54. The second kappa shape index (κ2) is 9.33. The van der Waals surface area contributed by atoms with Crippen LogP contribution < -0.4 is 10.6 Å². The number of allylic oxidation sites excluding steroid dienone is 4. The third-order valence-electron chi connectivity index (χ3n) is 7.88. The lowest BCUT2D eigenvalue weighted by Gasteiger charge is -2.37. The van der Waals surface area contributed by atoms with Gasteiger partial charge < -0.3 is 15.5 Å². The number of hydrogen-bond acceptors (Lipinski definition) is 4. The summed E-state index contributed by atoms with van der Waals surface area (Å²) >= 11 is 0. The zero-order valence-corrected chi connectivity index (χ0v) is 20.1. The number of nitriles is 1. The van der Waals surface area contributed by atoms with Crippen LogP contribution in [0.4, 0.5) is 0 Å². The first-order valence-electron chi connectivity index (χ1n) is 12.8. The molecule has 35 heavy (non-hydrogen) atoms. The van der Waals surface area contributed by atoms with Gasteiger partial charge in [0.2, 0.25) is 11.8 Å². The van der Waals surface area contributed by atoms with Crippen molar-refractivity contribution in [1.29, 1.82) is 5.26 Å². The van der Waals surface area contributed by atoms with Gasteiger partial charge >= 0.3 is 0 Å². The van der Waals surface area contributed by atoms with Crippen molar-refractivity contribution >= 4 is 23.3 Å². The van der Waals surface area contributed by atoms with Crippen molar-refractivity contribution in [2.75, 3.05) is 6.54 Å². The Morgan fingerprint density at radius 1 is 0.886 bits per heavy atom. The van der Waals surface area contributed by atoms with Gasteiger partial charge in [0, 0.05) is 24.2 Å². The molecule has 2 N–H and O–H groups in total. The van der Waals surface area contributed by atoms with E-state index in [0.717, 1.165) is 56.3 Å². The summed E-state index contributed by atoms with van der Waals surface area (Å²) in [6.07, 6.45) is 12.7. The van der Waals surface area contributed by atoms with Gasteiger partial charge in [-0.1, -0.05) is 37.5 Å². The lowest BCUT2D eigenvalue weighted by molar-refractivity contribution is -0.129. The lowest BCUT2D eigenvalue weighted by atomic mass is 9.80. The molecule has 7 heteroatoms. The molecule has 1 aromatic carbocycles. The van der Waals surface area contributed by atoms with E-state index in [1.54, 1.807) is 12.1 Å². The topological polar surface area (TPSA) is 102 Å². The van der Waals surface area contributed by atoms with Crippen molar-refractivity contribution in [3.05, 3.63) is 53.2 Å². The molecule has 1 heterocycles. The zero-order chi connectivity index (χ0) is 24.5. The fourth-order valence-electron chi connectivity index (χ4n) is 5.46. The first-order chi connectivity index (χ1) is 16.9. The van der Waals surface area contributed by atoms with Crippen molar-refractivity contribution in [1.82, 2.24) is 15.5 Å². The van der Waals surface area contributed by atoms with Crippen molar-refractivity contribution in [2.45, 2.75) is 81.7 Å². The van der Waals surface area contributed by atoms with Gasteiger partial charge in [0.25, 0.3) is 5.91 Å². The van der Waals surface area contributed by atoms with Crippen LogP contribution in [0.1, 0.15) is 86.6 Å². The van der Waals surface area contributed by atoms with Crippen LogP contribution >= 0.6 is 0 Å². The summed E-state index contributed by atoms with van der Waals surface area (Å²) in [5.74, 6) is -0.275. The summed E-state index contributed by atoms with van der Waals surface area (Å²) in [5.41, 5.74) is 2.13. The highest BCUT2D eigenvalue weighted by Gasteiger charge is 2.50. The molecule has 3 fully saturated rings. The van der Waals surface area contributed by atoms with Crippen LogP contribution in [0.3, 0.4) is 0 Å². The quantitative estimate of drug-likeness (QED) is 0.654. The number of rotatable bonds is 6. The predicted molar refractivity (Wildman–Crippen MR) is 132 cm³/mol. The molecular formula is C28H32N4O3. The molecule has 5 rings (SSSR count). The number of carbonyl (C=O) groups is 3. The summed E-state index contributed by atoms with van der Waals surface area (Å²) in [6, 6.07) is 9.72. The van der Waals surface area contributed by atoms with Gasteiger partial charge in [-0.2, -0.15) is 5.26 Å². The standard InChI is InChI=1S/C28H32N4O3/c29-19-27(16-17-27)31-26(35)28(14-2-1-3-15-28)30-25(34)22-8-6-20(7-9-22)21-10-12-23(13-11-21)32-18-4-5-24(32)33/h6-10,12H,1-5,11,13-18H2,(H,30,34)(H,31,35). The Morgan fingerprint density at radius 3 is 2.20 bits per heavy atom. The minimum absolute atomic E-state index is 0.216. The molecule has 3 aliphatic carbocycles. The van der Waals surface area contributed by atoms with E-state index in [-0.39, 0.29) is 17.7 Å². The lowest BCUT2D eigenvalue weighted by Crippen LogP contribution is -2.61. The van der Waals surface area contributed by atoms with Crippen molar-refractivity contribution < 1.29 is 14.4 Å². The number of hydrogen-bond donors (Lipinski definition) is 2. The van der Waals surface area contributed by atoms with Crippen molar-refractivity contribution in [2.24, 2.45) is 0 Å². The van der Waals surface area contributed by atoms with E-state index >= 15 is 0 Å². The first kappa shape index (κ1) is 23.3. The van der Waals surface area contributed by atoms with Crippen molar-refractivity contribution in [3.63, 3.8) is 0 Å². The molecular weight excluding hydrogens is 440 g/mol. The molecule has 3 amide bonds. The average molecular weight is 473 g/mol. The van der Waals surface area contributed by atoms with Crippen LogP contribution in [0, 0.1) is 11.3 Å². The largest absolute Gasteiger partial charge is 0.338 e. The molecule has 2 saturated carbocycles. The molecule has 1 saturated heterocycles. The minimum atomic E-state index is -0.958. The second-order valence-corrected chi connectivity index (χ2v) is 10.3. The van der Waals surface area contributed by atoms with Gasteiger partial charge in [-0.3, -0.25) is 14.4 Å². The van der Waals surface area contributed by atoms with Crippen LogP contribution in [-0.4, -0.2) is 40.2 Å². The summed E-state index contributed by atoms with van der Waals surface area (Å²) in [7, 11) is 0. The van der Waals surface area contributed by atoms with Gasteiger partial charge in [-0.15, -0.1) is 0 Å². The third kappa shape index (κ3) is 4.75. The molecule has 4 aliphatic rings. The van der Waals surface area contributed by atoms with Crippen LogP contribution in [0.25, 0.3) is 5.57 Å². The highest BCUT2D eigenvalue weighted by atomic mass is 16.2. The fourth-order valence-corrected chi connectivity index (χ4v) is 5.46. The molecule has 1 aliphatic heterocycles. The van der Waals surface area contributed by atoms with E-state index < -0.39 is 11.1 Å². The number of likely N-dealkylation sites (tertiary alicyclic amines) is 1. The molecule has 1 aromatic rings. The number of carbonyl (C=O) groups excluding carboxylic acids is 3. The number of nitrogens with one attached hydrogen (secondary N) is 2. The van der Waals surface area contributed by atoms with E-state index in [1.807, 2.05) is 23.1 Å². The third-order valence-corrected chi connectivity index (χ3v) is 7.88. The van der Waals surface area contributed by atoms with E-state index in [2.05, 4.69) is 22.8 Å². The Labute approximate surface area is 206 Å².